The number of halogens is 1. The van der Waals surface area contributed by atoms with E-state index < -0.39 is 6.04 Å². The van der Waals surface area contributed by atoms with Gasteiger partial charge < -0.3 is 10.6 Å². The van der Waals surface area contributed by atoms with Gasteiger partial charge in [0, 0.05) is 36.9 Å². The zero-order valence-corrected chi connectivity index (χ0v) is 12.9. The summed E-state index contributed by atoms with van der Waals surface area (Å²) in [6.07, 6.45) is 3.37. The second-order valence-corrected chi connectivity index (χ2v) is 5.28. The van der Waals surface area contributed by atoms with Gasteiger partial charge in [-0.05, 0) is 18.6 Å². The fourth-order valence-corrected chi connectivity index (χ4v) is 2.31. The Balaban J connectivity index is 2.13. The first kappa shape index (κ1) is 15.5. The van der Waals surface area contributed by atoms with E-state index in [-0.39, 0.29) is 5.91 Å². The van der Waals surface area contributed by atoms with Crippen LogP contribution in [0.4, 0.5) is 0 Å². The number of likely N-dealkylation sites (N-methyl/N-ethyl adjacent to an activating group) is 1. The van der Waals surface area contributed by atoms with Crippen LogP contribution in [0.3, 0.4) is 0 Å². The summed E-state index contributed by atoms with van der Waals surface area (Å²) in [7, 11) is 1.79. The van der Waals surface area contributed by atoms with Crippen LogP contribution in [0.5, 0.6) is 0 Å². The predicted octanol–water partition coefficient (Wildman–Crippen LogP) is 2.12. The topological polar surface area (TPSA) is 64.2 Å². The number of nitrogens with two attached hydrogens (primary N) is 1. The lowest BCUT2D eigenvalue weighted by Gasteiger charge is -2.24. The van der Waals surface area contributed by atoms with Crippen molar-refractivity contribution in [1.29, 1.82) is 0 Å². The van der Waals surface area contributed by atoms with Gasteiger partial charge in [-0.1, -0.05) is 29.8 Å². The molecule has 0 fully saturated rings. The first-order valence-electron chi connectivity index (χ1n) is 6.79. The molecule has 2 aromatic rings. The van der Waals surface area contributed by atoms with Crippen LogP contribution in [0, 0.1) is 0 Å². The minimum atomic E-state index is -0.707. The Morgan fingerprint density at radius 1 is 1.48 bits per heavy atom. The lowest BCUT2D eigenvalue weighted by molar-refractivity contribution is -0.133. The van der Waals surface area contributed by atoms with Gasteiger partial charge in [0.15, 0.2) is 0 Å². The number of carbonyl (C=O) groups is 1. The van der Waals surface area contributed by atoms with E-state index in [4.69, 9.17) is 17.3 Å². The minimum Gasteiger partial charge on any atom is -0.337 e. The number of amides is 1. The van der Waals surface area contributed by atoms with Crippen molar-refractivity contribution in [3.8, 4) is 0 Å². The Bertz CT molecular complexity index is 626. The van der Waals surface area contributed by atoms with E-state index in [0.29, 0.717) is 23.7 Å². The maximum Gasteiger partial charge on any atom is 0.244 e. The third kappa shape index (κ3) is 3.62. The third-order valence-corrected chi connectivity index (χ3v) is 3.73. The molecule has 0 saturated carbocycles. The van der Waals surface area contributed by atoms with E-state index in [0.717, 1.165) is 5.56 Å². The Labute approximate surface area is 129 Å². The molecule has 5 nitrogen and oxygen atoms in total. The second-order valence-electron chi connectivity index (χ2n) is 4.87. The molecule has 0 radical (unpaired) electrons. The number of nitrogens with zero attached hydrogens (tertiary/aromatic N) is 3. The lowest BCUT2D eigenvalue weighted by atomic mass is 10.1. The highest BCUT2D eigenvalue weighted by Gasteiger charge is 2.23. The van der Waals surface area contributed by atoms with E-state index in [9.17, 15) is 4.79 Å². The van der Waals surface area contributed by atoms with Crippen molar-refractivity contribution in [1.82, 2.24) is 14.7 Å². The SMILES string of the molecule is CCN(Cc1ccccc1Cl)C(=O)C(N)c1cnn(C)c1. The van der Waals surface area contributed by atoms with Crippen LogP contribution in [0.1, 0.15) is 24.1 Å². The molecule has 0 bridgehead atoms. The molecule has 0 spiro atoms. The molecule has 112 valence electrons. The van der Waals surface area contributed by atoms with Crippen molar-refractivity contribution in [2.24, 2.45) is 12.8 Å². The Hall–Kier alpha value is -1.85. The van der Waals surface area contributed by atoms with Gasteiger partial charge >= 0.3 is 0 Å². The van der Waals surface area contributed by atoms with Crippen molar-refractivity contribution in [3.05, 3.63) is 52.8 Å². The van der Waals surface area contributed by atoms with Crippen molar-refractivity contribution in [2.75, 3.05) is 6.54 Å². The maximum atomic E-state index is 12.5. The number of benzene rings is 1. The second kappa shape index (κ2) is 6.74. The Kier molecular flexibility index (Phi) is 4.98. The van der Waals surface area contributed by atoms with E-state index >= 15 is 0 Å². The van der Waals surface area contributed by atoms with Crippen LogP contribution < -0.4 is 5.73 Å². The molecular weight excluding hydrogens is 288 g/mol. The molecule has 1 heterocycles. The highest BCUT2D eigenvalue weighted by atomic mass is 35.5. The predicted molar refractivity (Wildman–Crippen MR) is 82.7 cm³/mol. The Morgan fingerprint density at radius 2 is 2.19 bits per heavy atom. The number of carbonyl (C=O) groups excluding carboxylic acids is 1. The van der Waals surface area contributed by atoms with Gasteiger partial charge in [-0.25, -0.2) is 0 Å². The number of hydrogen-bond acceptors (Lipinski definition) is 3. The Morgan fingerprint density at radius 3 is 2.76 bits per heavy atom. The first-order chi connectivity index (χ1) is 10.0. The molecule has 0 saturated heterocycles. The smallest absolute Gasteiger partial charge is 0.244 e. The third-order valence-electron chi connectivity index (χ3n) is 3.36. The van der Waals surface area contributed by atoms with Crippen molar-refractivity contribution < 1.29 is 4.79 Å². The van der Waals surface area contributed by atoms with Crippen LogP contribution in [0.25, 0.3) is 0 Å². The van der Waals surface area contributed by atoms with Crippen molar-refractivity contribution in [3.63, 3.8) is 0 Å². The number of rotatable bonds is 5. The minimum absolute atomic E-state index is 0.134. The van der Waals surface area contributed by atoms with Gasteiger partial charge in [-0.15, -0.1) is 0 Å². The molecule has 1 amide bonds. The molecule has 1 atom stereocenters. The number of hydrogen-bond donors (Lipinski definition) is 1. The van der Waals surface area contributed by atoms with Gasteiger partial charge in [0.25, 0.3) is 0 Å². The molecule has 0 aliphatic heterocycles. The largest absolute Gasteiger partial charge is 0.337 e. The van der Waals surface area contributed by atoms with Crippen LogP contribution in [0.15, 0.2) is 36.7 Å². The summed E-state index contributed by atoms with van der Waals surface area (Å²) in [5.41, 5.74) is 7.66. The van der Waals surface area contributed by atoms with Gasteiger partial charge in [0.2, 0.25) is 5.91 Å². The van der Waals surface area contributed by atoms with Crippen molar-refractivity contribution >= 4 is 17.5 Å². The van der Waals surface area contributed by atoms with E-state index in [2.05, 4.69) is 5.10 Å². The van der Waals surface area contributed by atoms with Gasteiger partial charge in [-0.3, -0.25) is 9.48 Å². The van der Waals surface area contributed by atoms with E-state index in [1.807, 2.05) is 31.2 Å². The molecular formula is C15H19ClN4O. The average Bonchev–Trinajstić information content (AvgIpc) is 2.91. The zero-order valence-electron chi connectivity index (χ0n) is 12.2. The fourth-order valence-electron chi connectivity index (χ4n) is 2.12. The van der Waals surface area contributed by atoms with Crippen LogP contribution in [-0.4, -0.2) is 27.1 Å². The molecule has 2 N–H and O–H groups in total. The normalized spacial score (nSPS) is 12.2. The molecule has 0 aliphatic rings. The van der Waals surface area contributed by atoms with Crippen LogP contribution in [0.2, 0.25) is 5.02 Å². The molecule has 0 aliphatic carbocycles. The standard InChI is InChI=1S/C15H19ClN4O/c1-3-20(10-11-6-4-5-7-13(11)16)15(21)14(17)12-8-18-19(2)9-12/h4-9,14H,3,10,17H2,1-2H3. The molecule has 21 heavy (non-hydrogen) atoms. The molecule has 1 aromatic carbocycles. The molecule has 1 unspecified atom stereocenters. The van der Waals surface area contributed by atoms with Crippen LogP contribution >= 0.6 is 11.6 Å². The quantitative estimate of drug-likeness (QED) is 0.920. The van der Waals surface area contributed by atoms with Gasteiger partial charge in [-0.2, -0.15) is 5.10 Å². The summed E-state index contributed by atoms with van der Waals surface area (Å²) in [6.45, 7) is 2.94. The highest BCUT2D eigenvalue weighted by molar-refractivity contribution is 6.31. The van der Waals surface area contributed by atoms with E-state index in [1.165, 1.54) is 0 Å². The maximum absolute atomic E-state index is 12.5. The van der Waals surface area contributed by atoms with Crippen LogP contribution in [-0.2, 0) is 18.4 Å². The summed E-state index contributed by atoms with van der Waals surface area (Å²) < 4.78 is 1.63. The highest BCUT2D eigenvalue weighted by Crippen LogP contribution is 2.19. The summed E-state index contributed by atoms with van der Waals surface area (Å²) in [4.78, 5) is 14.2. The summed E-state index contributed by atoms with van der Waals surface area (Å²) in [5.74, 6) is -0.134. The van der Waals surface area contributed by atoms with Gasteiger partial charge in [0.05, 0.1) is 6.20 Å². The zero-order chi connectivity index (χ0) is 15.4. The summed E-state index contributed by atoms with van der Waals surface area (Å²) >= 11 is 6.15. The van der Waals surface area contributed by atoms with Crippen molar-refractivity contribution in [2.45, 2.75) is 19.5 Å². The number of aromatic nitrogens is 2. The molecule has 6 heteroatoms. The average molecular weight is 307 g/mol. The molecule has 1 aromatic heterocycles. The first-order valence-corrected chi connectivity index (χ1v) is 7.17. The molecule has 2 rings (SSSR count). The summed E-state index contributed by atoms with van der Waals surface area (Å²) in [5, 5.41) is 4.70. The fraction of sp³-hybridized carbons (Fsp3) is 0.333. The lowest BCUT2D eigenvalue weighted by Crippen LogP contribution is -2.38. The summed E-state index contributed by atoms with van der Waals surface area (Å²) in [6, 6.07) is 6.79. The van der Waals surface area contributed by atoms with E-state index in [1.54, 1.807) is 29.0 Å². The number of aryl methyl sites for hydroxylation is 1. The monoisotopic (exact) mass is 306 g/mol. The van der Waals surface area contributed by atoms with Gasteiger partial charge in [0.1, 0.15) is 6.04 Å².